The van der Waals surface area contributed by atoms with Crippen LogP contribution >= 0.6 is 0 Å². The Morgan fingerprint density at radius 1 is 1.21 bits per heavy atom. The molecule has 2 aliphatic rings. The van der Waals surface area contributed by atoms with Crippen molar-refractivity contribution in [3.8, 4) is 0 Å². The van der Waals surface area contributed by atoms with Gasteiger partial charge in [-0.25, -0.2) is 0 Å². The van der Waals surface area contributed by atoms with Gasteiger partial charge in [0, 0.05) is 19.0 Å². The van der Waals surface area contributed by atoms with Crippen molar-refractivity contribution in [3.63, 3.8) is 0 Å². The van der Waals surface area contributed by atoms with Crippen LogP contribution in [0, 0.1) is 11.8 Å². The van der Waals surface area contributed by atoms with E-state index in [1.165, 1.54) is 12.8 Å². The van der Waals surface area contributed by atoms with Crippen LogP contribution in [0.1, 0.15) is 52.9 Å². The topological polar surface area (TPSA) is 29.5 Å². The van der Waals surface area contributed by atoms with Crippen molar-refractivity contribution >= 4 is 5.78 Å². The van der Waals surface area contributed by atoms with Crippen LogP contribution in [-0.4, -0.2) is 42.5 Å². The number of Topliss-reactive ketones (excluding diaryl/α,β-unsaturated/α-hetero) is 1. The minimum atomic E-state index is -0.269. The monoisotopic (exact) mass is 267 g/mol. The van der Waals surface area contributed by atoms with Crippen molar-refractivity contribution in [1.29, 1.82) is 0 Å². The van der Waals surface area contributed by atoms with Crippen LogP contribution in [0.15, 0.2) is 0 Å². The lowest BCUT2D eigenvalue weighted by Crippen LogP contribution is -2.57. The molecule has 1 saturated heterocycles. The van der Waals surface area contributed by atoms with E-state index in [0.717, 1.165) is 51.5 Å². The van der Waals surface area contributed by atoms with E-state index in [2.05, 4.69) is 25.7 Å². The molecule has 110 valence electrons. The second-order valence-electron chi connectivity index (χ2n) is 6.55. The van der Waals surface area contributed by atoms with Crippen LogP contribution in [0.4, 0.5) is 0 Å². The molecule has 3 nitrogen and oxygen atoms in total. The van der Waals surface area contributed by atoms with Crippen LogP contribution in [0.25, 0.3) is 0 Å². The highest BCUT2D eigenvalue weighted by Crippen LogP contribution is 2.34. The molecular weight excluding hydrogens is 238 g/mol. The Hall–Kier alpha value is -0.410. The second kappa shape index (κ2) is 6.36. The lowest BCUT2D eigenvalue weighted by Gasteiger charge is -2.44. The summed E-state index contributed by atoms with van der Waals surface area (Å²) in [6, 6.07) is 0. The van der Waals surface area contributed by atoms with E-state index < -0.39 is 0 Å². The summed E-state index contributed by atoms with van der Waals surface area (Å²) in [6.45, 7) is 9.95. The summed E-state index contributed by atoms with van der Waals surface area (Å²) in [6.07, 6.45) is 5.55. The molecule has 0 bridgehead atoms. The molecular formula is C16H29NO2. The Morgan fingerprint density at radius 3 is 2.32 bits per heavy atom. The summed E-state index contributed by atoms with van der Waals surface area (Å²) in [4.78, 5) is 15.3. The Bertz CT molecular complexity index is 304. The van der Waals surface area contributed by atoms with Gasteiger partial charge in [0.1, 0.15) is 0 Å². The van der Waals surface area contributed by atoms with E-state index in [-0.39, 0.29) is 5.54 Å². The average molecular weight is 267 g/mol. The molecule has 19 heavy (non-hydrogen) atoms. The van der Waals surface area contributed by atoms with Gasteiger partial charge in [0.05, 0.1) is 18.8 Å². The van der Waals surface area contributed by atoms with Gasteiger partial charge in [-0.15, -0.1) is 0 Å². The first kappa shape index (κ1) is 15.0. The maximum atomic E-state index is 13.0. The number of carbonyl (C=O) groups is 1. The first-order chi connectivity index (χ1) is 9.08. The minimum Gasteiger partial charge on any atom is -0.379 e. The molecule has 0 aromatic heterocycles. The number of hydrogen-bond donors (Lipinski definition) is 0. The summed E-state index contributed by atoms with van der Waals surface area (Å²) in [5, 5.41) is 0. The van der Waals surface area contributed by atoms with E-state index in [9.17, 15) is 4.79 Å². The van der Waals surface area contributed by atoms with Crippen molar-refractivity contribution in [2.45, 2.75) is 58.4 Å². The van der Waals surface area contributed by atoms with Crippen molar-refractivity contribution in [1.82, 2.24) is 4.90 Å². The van der Waals surface area contributed by atoms with Gasteiger partial charge in [0.2, 0.25) is 0 Å². The first-order valence-corrected chi connectivity index (χ1v) is 7.95. The minimum absolute atomic E-state index is 0.269. The fourth-order valence-corrected chi connectivity index (χ4v) is 3.57. The Balaban J connectivity index is 2.04. The average Bonchev–Trinajstić information content (AvgIpc) is 2.47. The molecule has 1 aliphatic heterocycles. The van der Waals surface area contributed by atoms with E-state index in [4.69, 9.17) is 4.74 Å². The third kappa shape index (κ3) is 3.19. The van der Waals surface area contributed by atoms with E-state index in [1.54, 1.807) is 0 Å². The van der Waals surface area contributed by atoms with E-state index in [0.29, 0.717) is 11.7 Å². The smallest absolute Gasteiger partial charge is 0.155 e. The number of morpholine rings is 1. The summed E-state index contributed by atoms with van der Waals surface area (Å²) < 4.78 is 5.43. The fourth-order valence-electron chi connectivity index (χ4n) is 3.57. The number of carbonyl (C=O) groups excluding carboxylic acids is 1. The van der Waals surface area contributed by atoms with E-state index in [1.807, 2.05) is 0 Å². The van der Waals surface area contributed by atoms with E-state index >= 15 is 0 Å². The molecule has 0 amide bonds. The molecule has 0 aromatic carbocycles. The van der Waals surface area contributed by atoms with Crippen LogP contribution in [-0.2, 0) is 9.53 Å². The SMILES string of the molecule is CCC(C)(C(=O)C1CCC(C)CC1)N1CCOCC1. The van der Waals surface area contributed by atoms with Gasteiger partial charge in [-0.05, 0) is 32.1 Å². The Labute approximate surface area is 117 Å². The van der Waals surface area contributed by atoms with Crippen molar-refractivity contribution in [3.05, 3.63) is 0 Å². The predicted octanol–water partition coefficient (Wildman–Crippen LogP) is 2.88. The normalized spacial score (nSPS) is 32.8. The zero-order chi connectivity index (χ0) is 13.9. The zero-order valence-electron chi connectivity index (χ0n) is 12.8. The number of ether oxygens (including phenoxy) is 1. The Kier molecular flexibility index (Phi) is 5.02. The van der Waals surface area contributed by atoms with Crippen LogP contribution < -0.4 is 0 Å². The molecule has 0 N–H and O–H groups in total. The molecule has 1 aliphatic carbocycles. The number of nitrogens with zero attached hydrogens (tertiary/aromatic N) is 1. The first-order valence-electron chi connectivity index (χ1n) is 7.95. The third-order valence-electron chi connectivity index (χ3n) is 5.31. The molecule has 1 saturated carbocycles. The lowest BCUT2D eigenvalue weighted by atomic mass is 9.74. The van der Waals surface area contributed by atoms with Crippen molar-refractivity contribution in [2.75, 3.05) is 26.3 Å². The van der Waals surface area contributed by atoms with Crippen LogP contribution in [0.3, 0.4) is 0 Å². The van der Waals surface area contributed by atoms with Crippen LogP contribution in [0.5, 0.6) is 0 Å². The molecule has 0 spiro atoms. The highest BCUT2D eigenvalue weighted by atomic mass is 16.5. The molecule has 2 rings (SSSR count). The van der Waals surface area contributed by atoms with Crippen molar-refractivity contribution < 1.29 is 9.53 Å². The predicted molar refractivity (Wildman–Crippen MR) is 77.2 cm³/mol. The van der Waals surface area contributed by atoms with Gasteiger partial charge < -0.3 is 4.74 Å². The standard InChI is InChI=1S/C16H29NO2/c1-4-16(3,17-9-11-19-12-10-17)15(18)14-7-5-13(2)6-8-14/h13-14H,4-12H2,1-3H3. The molecule has 1 unspecified atom stereocenters. The third-order valence-corrected chi connectivity index (χ3v) is 5.31. The quantitative estimate of drug-likeness (QED) is 0.784. The molecule has 1 heterocycles. The van der Waals surface area contributed by atoms with Crippen molar-refractivity contribution in [2.24, 2.45) is 11.8 Å². The van der Waals surface area contributed by atoms with Gasteiger partial charge in [-0.1, -0.05) is 26.7 Å². The summed E-state index contributed by atoms with van der Waals surface area (Å²) in [5.74, 6) is 1.59. The summed E-state index contributed by atoms with van der Waals surface area (Å²) >= 11 is 0. The molecule has 1 atom stereocenters. The van der Waals surface area contributed by atoms with Gasteiger partial charge >= 0.3 is 0 Å². The highest BCUT2D eigenvalue weighted by molar-refractivity contribution is 5.90. The number of hydrogen-bond acceptors (Lipinski definition) is 3. The van der Waals surface area contributed by atoms with Gasteiger partial charge in [0.15, 0.2) is 5.78 Å². The largest absolute Gasteiger partial charge is 0.379 e. The maximum Gasteiger partial charge on any atom is 0.155 e. The molecule has 0 aromatic rings. The number of ketones is 1. The van der Waals surface area contributed by atoms with Gasteiger partial charge in [0.25, 0.3) is 0 Å². The van der Waals surface area contributed by atoms with Gasteiger partial charge in [-0.3, -0.25) is 9.69 Å². The molecule has 3 heteroatoms. The maximum absolute atomic E-state index is 13.0. The Morgan fingerprint density at radius 2 is 1.79 bits per heavy atom. The zero-order valence-corrected chi connectivity index (χ0v) is 12.8. The molecule has 2 fully saturated rings. The fraction of sp³-hybridized carbons (Fsp3) is 0.938. The van der Waals surface area contributed by atoms with Gasteiger partial charge in [-0.2, -0.15) is 0 Å². The summed E-state index contributed by atoms with van der Waals surface area (Å²) in [5.41, 5.74) is -0.269. The number of rotatable bonds is 4. The second-order valence-corrected chi connectivity index (χ2v) is 6.55. The van der Waals surface area contributed by atoms with Crippen LogP contribution in [0.2, 0.25) is 0 Å². The molecule has 0 radical (unpaired) electrons. The highest BCUT2D eigenvalue weighted by Gasteiger charge is 2.42. The lowest BCUT2D eigenvalue weighted by molar-refractivity contribution is -0.139. The summed E-state index contributed by atoms with van der Waals surface area (Å²) in [7, 11) is 0.